The van der Waals surface area contributed by atoms with Crippen LogP contribution in [0.5, 0.6) is 5.75 Å². The maximum atomic E-state index is 12.0. The first-order valence-corrected chi connectivity index (χ1v) is 8.99. The molecule has 0 aliphatic carbocycles. The topological polar surface area (TPSA) is 61.7 Å². The second-order valence-electron chi connectivity index (χ2n) is 5.87. The molecular weight excluding hydrogens is 344 g/mol. The van der Waals surface area contributed by atoms with Crippen molar-refractivity contribution in [1.29, 1.82) is 0 Å². The zero-order valence-corrected chi connectivity index (χ0v) is 14.9. The van der Waals surface area contributed by atoms with Gasteiger partial charge in [-0.3, -0.25) is 4.79 Å². The normalized spacial score (nSPS) is 12.4. The summed E-state index contributed by atoms with van der Waals surface area (Å²) in [5, 5.41) is 12.2. The number of aliphatic imine (C=N–C) groups is 1. The monoisotopic (exact) mass is 360 g/mol. The number of nitrogens with one attached hydrogen (secondary N) is 1. The predicted octanol–water partition coefficient (Wildman–Crippen LogP) is 4.39. The first-order valence-electron chi connectivity index (χ1n) is 8.17. The number of phenols is 1. The Morgan fingerprint density at radius 3 is 2.54 bits per heavy atom. The number of benzene rings is 3. The van der Waals surface area contributed by atoms with E-state index in [1.54, 1.807) is 30.9 Å². The smallest absolute Gasteiger partial charge is 0.251 e. The van der Waals surface area contributed by atoms with Gasteiger partial charge in [0.15, 0.2) is 0 Å². The van der Waals surface area contributed by atoms with Crippen molar-refractivity contribution in [2.24, 2.45) is 4.99 Å². The number of fused-ring (bicyclic) bond motifs is 2. The summed E-state index contributed by atoms with van der Waals surface area (Å²) in [6.07, 6.45) is 0. The van der Waals surface area contributed by atoms with Crippen LogP contribution in [0.1, 0.15) is 21.5 Å². The molecule has 0 atom stereocenters. The van der Waals surface area contributed by atoms with E-state index in [0.717, 1.165) is 32.3 Å². The summed E-state index contributed by atoms with van der Waals surface area (Å²) in [5.41, 5.74) is 4.10. The predicted molar refractivity (Wildman–Crippen MR) is 104 cm³/mol. The van der Waals surface area contributed by atoms with Crippen LogP contribution in [0.3, 0.4) is 0 Å². The first-order chi connectivity index (χ1) is 12.7. The third-order valence-corrected chi connectivity index (χ3v) is 5.32. The summed E-state index contributed by atoms with van der Waals surface area (Å²) >= 11 is 1.64. The van der Waals surface area contributed by atoms with E-state index in [1.165, 1.54) is 0 Å². The van der Waals surface area contributed by atoms with Crippen molar-refractivity contribution < 1.29 is 9.90 Å². The molecule has 0 unspecified atom stereocenters. The molecule has 0 bridgehead atoms. The molecule has 3 aromatic rings. The van der Waals surface area contributed by atoms with E-state index >= 15 is 0 Å². The standard InChI is InChI=1S/C21H16N2O2S/c1-22-21(25)14-8-11-19-17(12-14)23-20(13-6-9-15(24)10-7-13)16-4-2-3-5-18(16)26-19/h2-12,24H,1H3,(H,22,25). The lowest BCUT2D eigenvalue weighted by Gasteiger charge is -2.09. The maximum Gasteiger partial charge on any atom is 0.251 e. The van der Waals surface area contributed by atoms with Gasteiger partial charge < -0.3 is 10.4 Å². The third kappa shape index (κ3) is 2.97. The van der Waals surface area contributed by atoms with Gasteiger partial charge in [-0.05, 0) is 48.5 Å². The van der Waals surface area contributed by atoms with E-state index in [2.05, 4.69) is 11.4 Å². The Kier molecular flexibility index (Phi) is 4.22. The van der Waals surface area contributed by atoms with Gasteiger partial charge in [0.05, 0.1) is 11.4 Å². The van der Waals surface area contributed by atoms with E-state index in [1.807, 2.05) is 48.5 Å². The Bertz CT molecular complexity index is 1030. The minimum absolute atomic E-state index is 0.138. The molecule has 0 fully saturated rings. The molecule has 0 aromatic heterocycles. The van der Waals surface area contributed by atoms with Crippen LogP contribution in [0.25, 0.3) is 0 Å². The van der Waals surface area contributed by atoms with E-state index in [9.17, 15) is 9.90 Å². The Labute approximate surface area is 155 Å². The highest BCUT2D eigenvalue weighted by atomic mass is 32.2. The minimum atomic E-state index is -0.138. The van der Waals surface area contributed by atoms with Crippen molar-refractivity contribution in [1.82, 2.24) is 5.32 Å². The van der Waals surface area contributed by atoms with E-state index in [0.29, 0.717) is 5.56 Å². The van der Waals surface area contributed by atoms with Crippen molar-refractivity contribution in [3.05, 3.63) is 83.4 Å². The fourth-order valence-electron chi connectivity index (χ4n) is 2.87. The van der Waals surface area contributed by atoms with E-state index in [4.69, 9.17) is 4.99 Å². The molecule has 1 aliphatic rings. The molecule has 5 heteroatoms. The Balaban J connectivity index is 1.93. The lowest BCUT2D eigenvalue weighted by molar-refractivity contribution is 0.0963. The number of nitrogens with zero attached hydrogens (tertiary/aromatic N) is 1. The van der Waals surface area contributed by atoms with Gasteiger partial charge in [0.2, 0.25) is 0 Å². The summed E-state index contributed by atoms with van der Waals surface area (Å²) in [7, 11) is 1.61. The fraction of sp³-hybridized carbons (Fsp3) is 0.0476. The number of amides is 1. The van der Waals surface area contributed by atoms with Crippen LogP contribution in [0.4, 0.5) is 5.69 Å². The molecule has 26 heavy (non-hydrogen) atoms. The van der Waals surface area contributed by atoms with Crippen LogP contribution in [-0.4, -0.2) is 23.8 Å². The third-order valence-electron chi connectivity index (χ3n) is 4.18. The number of hydrogen-bond acceptors (Lipinski definition) is 4. The van der Waals surface area contributed by atoms with Crippen LogP contribution in [0.15, 0.2) is 81.5 Å². The quantitative estimate of drug-likeness (QED) is 0.557. The highest BCUT2D eigenvalue weighted by Gasteiger charge is 2.19. The summed E-state index contributed by atoms with van der Waals surface area (Å²) < 4.78 is 0. The second-order valence-corrected chi connectivity index (χ2v) is 6.95. The molecule has 1 heterocycles. The van der Waals surface area contributed by atoms with E-state index < -0.39 is 0 Å². The molecule has 0 saturated heterocycles. The van der Waals surface area contributed by atoms with Crippen molar-refractivity contribution in [3.8, 4) is 5.75 Å². The number of rotatable bonds is 2. The molecule has 4 rings (SSSR count). The number of carbonyl (C=O) groups is 1. The fourth-order valence-corrected chi connectivity index (χ4v) is 3.87. The molecule has 3 aromatic carbocycles. The zero-order chi connectivity index (χ0) is 18.1. The summed E-state index contributed by atoms with van der Waals surface area (Å²) in [6, 6.07) is 20.7. The largest absolute Gasteiger partial charge is 0.508 e. The number of aromatic hydroxyl groups is 1. The number of carbonyl (C=O) groups excluding carboxylic acids is 1. The van der Waals surface area contributed by atoms with Crippen LogP contribution in [-0.2, 0) is 0 Å². The van der Waals surface area contributed by atoms with Gasteiger partial charge in [-0.25, -0.2) is 4.99 Å². The van der Waals surface area contributed by atoms with Crippen molar-refractivity contribution in [2.75, 3.05) is 7.05 Å². The van der Waals surface area contributed by atoms with Crippen LogP contribution >= 0.6 is 11.8 Å². The van der Waals surface area contributed by atoms with Crippen molar-refractivity contribution in [3.63, 3.8) is 0 Å². The van der Waals surface area contributed by atoms with Crippen LogP contribution < -0.4 is 5.32 Å². The first kappa shape index (κ1) is 16.4. The summed E-state index contributed by atoms with van der Waals surface area (Å²) in [4.78, 5) is 19.0. The maximum absolute atomic E-state index is 12.0. The molecule has 4 nitrogen and oxygen atoms in total. The lowest BCUT2D eigenvalue weighted by atomic mass is 10.0. The van der Waals surface area contributed by atoms with Crippen molar-refractivity contribution in [2.45, 2.75) is 9.79 Å². The molecule has 2 N–H and O–H groups in total. The van der Waals surface area contributed by atoms with Crippen LogP contribution in [0.2, 0.25) is 0 Å². The average Bonchev–Trinajstić information content (AvgIpc) is 2.84. The molecule has 0 saturated carbocycles. The van der Waals surface area contributed by atoms with Gasteiger partial charge >= 0.3 is 0 Å². The average molecular weight is 360 g/mol. The Morgan fingerprint density at radius 1 is 1.00 bits per heavy atom. The highest BCUT2D eigenvalue weighted by Crippen LogP contribution is 2.41. The van der Waals surface area contributed by atoms with Gasteiger partial charge in [-0.15, -0.1) is 0 Å². The van der Waals surface area contributed by atoms with Crippen molar-refractivity contribution >= 4 is 29.1 Å². The number of hydrogen-bond donors (Lipinski definition) is 2. The number of phenolic OH excluding ortho intramolecular Hbond substituents is 1. The molecule has 0 spiro atoms. The summed E-state index contributed by atoms with van der Waals surface area (Å²) in [6.45, 7) is 0. The van der Waals surface area contributed by atoms with E-state index in [-0.39, 0.29) is 11.7 Å². The van der Waals surface area contributed by atoms with Gasteiger partial charge in [0, 0.05) is 33.5 Å². The molecule has 1 amide bonds. The summed E-state index contributed by atoms with van der Waals surface area (Å²) in [5.74, 6) is 0.0777. The molecule has 0 radical (unpaired) electrons. The van der Waals surface area contributed by atoms with Crippen LogP contribution in [0, 0.1) is 0 Å². The Hall–Kier alpha value is -3.05. The SMILES string of the molecule is CNC(=O)c1ccc2c(c1)N=C(c1ccc(O)cc1)c1ccccc1S2. The molecule has 1 aliphatic heterocycles. The molecule has 128 valence electrons. The van der Waals surface area contributed by atoms with Gasteiger partial charge in [-0.2, -0.15) is 0 Å². The zero-order valence-electron chi connectivity index (χ0n) is 14.1. The lowest BCUT2D eigenvalue weighted by Crippen LogP contribution is -2.17. The second kappa shape index (κ2) is 6.69. The molecular formula is C21H16N2O2S. The minimum Gasteiger partial charge on any atom is -0.508 e. The van der Waals surface area contributed by atoms with Gasteiger partial charge in [0.1, 0.15) is 5.75 Å². The highest BCUT2D eigenvalue weighted by molar-refractivity contribution is 7.99. The van der Waals surface area contributed by atoms with Gasteiger partial charge in [0.25, 0.3) is 5.91 Å². The Morgan fingerprint density at radius 2 is 1.77 bits per heavy atom. The van der Waals surface area contributed by atoms with Gasteiger partial charge in [-0.1, -0.05) is 30.0 Å².